The molecule has 1 unspecified atom stereocenters. The molecule has 0 bridgehead atoms. The largest absolute Gasteiger partial charge is 0.508 e. The van der Waals surface area contributed by atoms with Gasteiger partial charge >= 0.3 is 0 Å². The first kappa shape index (κ1) is 24.2. The van der Waals surface area contributed by atoms with Crippen molar-refractivity contribution in [1.82, 2.24) is 4.57 Å². The number of aromatic nitrogens is 1. The van der Waals surface area contributed by atoms with Gasteiger partial charge in [-0.25, -0.2) is 0 Å². The number of anilines is 1. The van der Waals surface area contributed by atoms with E-state index in [9.17, 15) is 19.8 Å². The van der Waals surface area contributed by atoms with Gasteiger partial charge in [0.1, 0.15) is 17.1 Å². The Morgan fingerprint density at radius 2 is 1.38 bits per heavy atom. The smallest absolute Gasteiger partial charge is 0.265 e. The maximum Gasteiger partial charge on any atom is 0.265 e. The zero-order valence-electron chi connectivity index (χ0n) is 21.3. The molecular weight excluding hydrogens is 488 g/mol. The molecule has 0 spiro atoms. The van der Waals surface area contributed by atoms with E-state index in [4.69, 9.17) is 0 Å². The van der Waals surface area contributed by atoms with Gasteiger partial charge in [-0.3, -0.25) is 9.59 Å². The lowest BCUT2D eigenvalue weighted by Crippen LogP contribution is -2.27. The van der Waals surface area contributed by atoms with Crippen LogP contribution in [0.15, 0.2) is 108 Å². The summed E-state index contributed by atoms with van der Waals surface area (Å²) in [6.07, 6.45) is -0.175. The molecular formula is C33H26N2O4. The minimum atomic E-state index is -0.704. The fraction of sp³-hybridized carbons (Fsp3) is 0.0909. The molecule has 1 aromatic heterocycles. The Labute approximate surface area is 224 Å². The van der Waals surface area contributed by atoms with E-state index in [2.05, 4.69) is 5.32 Å². The number of nitrogens with zero attached hydrogens (tertiary/aromatic N) is 1. The van der Waals surface area contributed by atoms with Crippen molar-refractivity contribution in [2.45, 2.75) is 12.5 Å². The number of fused-ring (bicyclic) bond motifs is 3. The third kappa shape index (κ3) is 4.16. The van der Waals surface area contributed by atoms with Crippen molar-refractivity contribution in [3.63, 3.8) is 0 Å². The first-order valence-electron chi connectivity index (χ1n) is 12.7. The molecule has 6 aromatic rings. The van der Waals surface area contributed by atoms with Crippen LogP contribution in [0.25, 0.3) is 32.4 Å². The van der Waals surface area contributed by atoms with Crippen molar-refractivity contribution < 1.29 is 15.0 Å². The average molecular weight is 515 g/mol. The molecule has 1 heterocycles. The Morgan fingerprint density at radius 1 is 0.769 bits per heavy atom. The number of para-hydroxylation sites is 1. The first-order chi connectivity index (χ1) is 18.9. The molecule has 0 aliphatic carbocycles. The number of carbonyl (C=O) groups is 1. The van der Waals surface area contributed by atoms with E-state index in [1.54, 1.807) is 37.4 Å². The first-order valence-corrected chi connectivity index (χ1v) is 12.7. The van der Waals surface area contributed by atoms with Crippen LogP contribution in [0.3, 0.4) is 0 Å². The van der Waals surface area contributed by atoms with Crippen LogP contribution in [-0.2, 0) is 7.05 Å². The number of hydrogen-bond donors (Lipinski definition) is 3. The Kier molecular flexibility index (Phi) is 6.00. The third-order valence-electron chi connectivity index (χ3n) is 7.36. The molecule has 0 saturated heterocycles. The summed E-state index contributed by atoms with van der Waals surface area (Å²) in [7, 11) is 1.59. The number of pyridine rings is 1. The van der Waals surface area contributed by atoms with Gasteiger partial charge in [-0.05, 0) is 40.4 Å². The summed E-state index contributed by atoms with van der Waals surface area (Å²) >= 11 is 0. The minimum Gasteiger partial charge on any atom is -0.508 e. The molecule has 6 heteroatoms. The van der Waals surface area contributed by atoms with Crippen LogP contribution in [0.1, 0.15) is 28.4 Å². The molecule has 1 atom stereocenters. The third-order valence-corrected chi connectivity index (χ3v) is 7.36. The van der Waals surface area contributed by atoms with Gasteiger partial charge in [0, 0.05) is 35.5 Å². The maximum absolute atomic E-state index is 13.9. The maximum atomic E-state index is 13.9. The van der Waals surface area contributed by atoms with Crippen LogP contribution >= 0.6 is 0 Å². The number of carbonyl (C=O) groups excluding carboxylic acids is 1. The number of aromatic hydroxyl groups is 2. The van der Waals surface area contributed by atoms with E-state index >= 15 is 0 Å². The number of rotatable bonds is 6. The van der Waals surface area contributed by atoms with Crippen LogP contribution < -0.4 is 10.9 Å². The number of ketones is 1. The average Bonchev–Trinajstić information content (AvgIpc) is 2.96. The molecule has 6 nitrogen and oxygen atoms in total. The van der Waals surface area contributed by atoms with Gasteiger partial charge in [-0.1, -0.05) is 78.9 Å². The molecule has 3 N–H and O–H groups in total. The highest BCUT2D eigenvalue weighted by Gasteiger charge is 2.27. The van der Waals surface area contributed by atoms with E-state index in [1.807, 2.05) is 72.8 Å². The Bertz CT molecular complexity index is 1950. The number of phenols is 1. The molecule has 0 aliphatic heterocycles. The van der Waals surface area contributed by atoms with Crippen molar-refractivity contribution in [3.05, 3.63) is 125 Å². The molecule has 0 amide bonds. The van der Waals surface area contributed by atoms with Crippen LogP contribution in [0.5, 0.6) is 11.5 Å². The number of nitrogens with one attached hydrogen (secondary N) is 1. The second-order valence-corrected chi connectivity index (χ2v) is 9.68. The van der Waals surface area contributed by atoms with Gasteiger partial charge in [0.15, 0.2) is 5.78 Å². The van der Waals surface area contributed by atoms with Crippen LogP contribution in [0.4, 0.5) is 5.69 Å². The van der Waals surface area contributed by atoms with Gasteiger partial charge in [0.05, 0.1) is 11.6 Å². The van der Waals surface area contributed by atoms with Gasteiger partial charge in [0.25, 0.3) is 5.56 Å². The van der Waals surface area contributed by atoms with E-state index in [0.717, 1.165) is 27.2 Å². The lowest BCUT2D eigenvalue weighted by Gasteiger charge is -2.24. The van der Waals surface area contributed by atoms with Crippen LogP contribution in [0.2, 0.25) is 0 Å². The Balaban J connectivity index is 1.52. The highest BCUT2D eigenvalue weighted by Crippen LogP contribution is 2.38. The van der Waals surface area contributed by atoms with Crippen molar-refractivity contribution in [2.24, 2.45) is 7.05 Å². The summed E-state index contributed by atoms with van der Waals surface area (Å²) in [6, 6.07) is 31.1. The van der Waals surface area contributed by atoms with Gasteiger partial charge < -0.3 is 20.1 Å². The summed E-state index contributed by atoms with van der Waals surface area (Å²) in [5.74, 6) is -0.816. The lowest BCUT2D eigenvalue weighted by molar-refractivity contribution is 0.0972. The van der Waals surface area contributed by atoms with E-state index in [-0.39, 0.29) is 23.5 Å². The van der Waals surface area contributed by atoms with E-state index < -0.39 is 17.4 Å². The topological polar surface area (TPSA) is 91.6 Å². The summed E-state index contributed by atoms with van der Waals surface area (Å²) in [5.41, 5.74) is 1.04. The number of hydrogen-bond acceptors (Lipinski definition) is 5. The van der Waals surface area contributed by atoms with Crippen molar-refractivity contribution in [1.29, 1.82) is 0 Å². The predicted molar refractivity (Wildman–Crippen MR) is 156 cm³/mol. The molecule has 0 saturated carbocycles. The zero-order chi connectivity index (χ0) is 27.1. The molecule has 6 rings (SSSR count). The molecule has 0 fully saturated rings. The van der Waals surface area contributed by atoms with E-state index in [0.29, 0.717) is 16.5 Å². The van der Waals surface area contributed by atoms with Gasteiger partial charge in [-0.2, -0.15) is 0 Å². The van der Waals surface area contributed by atoms with Gasteiger partial charge in [0.2, 0.25) is 0 Å². The second kappa shape index (κ2) is 9.65. The minimum absolute atomic E-state index is 0.0369. The normalized spacial score (nSPS) is 12.1. The SMILES string of the molecule is Cn1c(=O)c(C(=O)CC(Nc2cccc3ccccc23)c2c(O)ccc3ccccc23)c(O)c2ccccc21. The summed E-state index contributed by atoms with van der Waals surface area (Å²) in [5, 5.41) is 29.7. The number of benzene rings is 5. The fourth-order valence-electron chi connectivity index (χ4n) is 5.43. The Morgan fingerprint density at radius 3 is 2.15 bits per heavy atom. The quantitative estimate of drug-likeness (QED) is 0.216. The molecule has 192 valence electrons. The van der Waals surface area contributed by atoms with Crippen molar-refractivity contribution in [3.8, 4) is 11.5 Å². The highest BCUT2D eigenvalue weighted by molar-refractivity contribution is 6.04. The van der Waals surface area contributed by atoms with Crippen LogP contribution in [0, 0.1) is 0 Å². The van der Waals surface area contributed by atoms with Crippen molar-refractivity contribution >= 4 is 43.9 Å². The lowest BCUT2D eigenvalue weighted by atomic mass is 9.92. The molecule has 39 heavy (non-hydrogen) atoms. The number of Topliss-reactive ketones (excluding diaryl/α,β-unsaturated/α-hetero) is 1. The number of aryl methyl sites for hydroxylation is 1. The molecule has 5 aromatic carbocycles. The summed E-state index contributed by atoms with van der Waals surface area (Å²) < 4.78 is 1.38. The monoisotopic (exact) mass is 514 g/mol. The summed E-state index contributed by atoms with van der Waals surface area (Å²) in [4.78, 5) is 27.2. The Hall–Kier alpha value is -5.10. The number of phenolic OH excluding ortho intramolecular Hbond substituents is 1. The van der Waals surface area contributed by atoms with Gasteiger partial charge in [-0.15, -0.1) is 0 Å². The molecule has 0 aliphatic rings. The highest BCUT2D eigenvalue weighted by atomic mass is 16.3. The van der Waals surface area contributed by atoms with Crippen LogP contribution in [-0.4, -0.2) is 20.6 Å². The zero-order valence-corrected chi connectivity index (χ0v) is 21.3. The standard InChI is InChI=1S/C33H26N2O4/c1-35-27-16-7-6-14-24(27)32(38)31(33(35)39)29(37)19-26(30-23-13-5-3-10-21(23)17-18-28(30)36)34-25-15-8-11-20-9-2-4-12-22(20)25/h2-18,26,34,36,38H,19H2,1H3. The second-order valence-electron chi connectivity index (χ2n) is 9.68. The summed E-state index contributed by atoms with van der Waals surface area (Å²) in [6.45, 7) is 0. The molecule has 0 radical (unpaired) electrons. The van der Waals surface area contributed by atoms with E-state index in [1.165, 1.54) is 4.57 Å². The fourth-order valence-corrected chi connectivity index (χ4v) is 5.43. The van der Waals surface area contributed by atoms with Crippen molar-refractivity contribution in [2.75, 3.05) is 5.32 Å². The predicted octanol–water partition coefficient (Wildman–Crippen LogP) is 6.68.